The molecule has 1 aromatic heterocycles. The lowest BCUT2D eigenvalue weighted by Crippen LogP contribution is -2.11. The summed E-state index contributed by atoms with van der Waals surface area (Å²) in [5.74, 6) is 0.786. The number of hydrogen-bond acceptors (Lipinski definition) is 5. The summed E-state index contributed by atoms with van der Waals surface area (Å²) in [5.41, 5.74) is 8.50. The van der Waals surface area contributed by atoms with Gasteiger partial charge in [-0.05, 0) is 19.4 Å². The van der Waals surface area contributed by atoms with E-state index in [9.17, 15) is 0 Å². The average Bonchev–Trinajstić information content (AvgIpc) is 2.81. The zero-order valence-electron chi connectivity index (χ0n) is 10.6. The second-order valence-corrected chi connectivity index (χ2v) is 4.14. The molecule has 0 saturated carbocycles. The van der Waals surface area contributed by atoms with Crippen LogP contribution in [0.15, 0.2) is 28.9 Å². The van der Waals surface area contributed by atoms with E-state index in [0.717, 1.165) is 23.4 Å². The highest BCUT2D eigenvalue weighted by atomic mass is 16.6. The number of rotatable bonds is 5. The van der Waals surface area contributed by atoms with E-state index < -0.39 is 0 Å². The molecule has 1 atom stereocenters. The van der Waals surface area contributed by atoms with E-state index in [0.29, 0.717) is 12.3 Å². The fourth-order valence-electron chi connectivity index (χ4n) is 1.66. The van der Waals surface area contributed by atoms with Crippen molar-refractivity contribution in [2.75, 3.05) is 0 Å². The van der Waals surface area contributed by atoms with E-state index in [-0.39, 0.29) is 6.04 Å². The van der Waals surface area contributed by atoms with Gasteiger partial charge in [-0.1, -0.05) is 35.4 Å². The Hall–Kier alpha value is -1.88. The fraction of sp³-hybridized carbons (Fsp3) is 0.385. The monoisotopic (exact) mass is 247 g/mol. The van der Waals surface area contributed by atoms with Crippen molar-refractivity contribution in [2.45, 2.75) is 32.9 Å². The van der Waals surface area contributed by atoms with Gasteiger partial charge in [0, 0.05) is 11.6 Å². The minimum Gasteiger partial charge on any atom is -0.487 e. The summed E-state index contributed by atoms with van der Waals surface area (Å²) in [5, 5.41) is 7.49. The van der Waals surface area contributed by atoms with Gasteiger partial charge in [0.2, 0.25) is 0 Å². The first-order valence-corrected chi connectivity index (χ1v) is 5.97. The number of hydrogen-bond donors (Lipinski definition) is 1. The standard InChI is InChI=1S/C13H17N3O2/c1-3-11(14)10-6-4-5-7-13(10)17-8-12-9(2)15-18-16-12/h4-7,11H,3,8,14H2,1-2H3. The molecule has 96 valence electrons. The molecule has 0 saturated heterocycles. The van der Waals surface area contributed by atoms with Gasteiger partial charge < -0.3 is 10.5 Å². The van der Waals surface area contributed by atoms with Crippen LogP contribution in [0.2, 0.25) is 0 Å². The van der Waals surface area contributed by atoms with Crippen molar-refractivity contribution in [1.82, 2.24) is 10.3 Å². The number of para-hydroxylation sites is 1. The summed E-state index contributed by atoms with van der Waals surface area (Å²) in [6, 6.07) is 7.76. The second kappa shape index (κ2) is 5.64. The van der Waals surface area contributed by atoms with Crippen LogP contribution < -0.4 is 10.5 Å². The molecule has 0 radical (unpaired) electrons. The van der Waals surface area contributed by atoms with Crippen LogP contribution in [0.4, 0.5) is 0 Å². The normalized spacial score (nSPS) is 12.4. The van der Waals surface area contributed by atoms with E-state index in [4.69, 9.17) is 10.5 Å². The van der Waals surface area contributed by atoms with Crippen LogP contribution in [-0.4, -0.2) is 10.3 Å². The molecule has 2 aromatic rings. The number of aryl methyl sites for hydroxylation is 1. The van der Waals surface area contributed by atoms with Gasteiger partial charge in [0.15, 0.2) is 0 Å². The first kappa shape index (κ1) is 12.6. The summed E-state index contributed by atoms with van der Waals surface area (Å²) in [6.07, 6.45) is 0.866. The van der Waals surface area contributed by atoms with Gasteiger partial charge in [-0.2, -0.15) is 0 Å². The van der Waals surface area contributed by atoms with E-state index in [1.54, 1.807) is 0 Å². The third-order valence-corrected chi connectivity index (χ3v) is 2.87. The molecule has 1 unspecified atom stereocenters. The molecule has 0 aliphatic heterocycles. The summed E-state index contributed by atoms with van der Waals surface area (Å²) in [6.45, 7) is 4.22. The predicted molar refractivity (Wildman–Crippen MR) is 67.0 cm³/mol. The average molecular weight is 247 g/mol. The van der Waals surface area contributed by atoms with Crippen molar-refractivity contribution >= 4 is 0 Å². The van der Waals surface area contributed by atoms with Crippen LogP contribution >= 0.6 is 0 Å². The Bertz CT molecular complexity index is 510. The number of ether oxygens (including phenoxy) is 1. The zero-order valence-corrected chi connectivity index (χ0v) is 10.6. The first-order chi connectivity index (χ1) is 8.72. The van der Waals surface area contributed by atoms with Crippen LogP contribution in [0.5, 0.6) is 5.75 Å². The van der Waals surface area contributed by atoms with Crippen LogP contribution in [0.1, 0.15) is 36.3 Å². The molecule has 0 amide bonds. The minimum absolute atomic E-state index is 0.0160. The highest BCUT2D eigenvalue weighted by Gasteiger charge is 2.11. The van der Waals surface area contributed by atoms with Crippen LogP contribution in [0.3, 0.4) is 0 Å². The minimum atomic E-state index is -0.0160. The first-order valence-electron chi connectivity index (χ1n) is 5.97. The lowest BCUT2D eigenvalue weighted by atomic mass is 10.0. The smallest absolute Gasteiger partial charge is 0.145 e. The summed E-state index contributed by atoms with van der Waals surface area (Å²) < 4.78 is 10.4. The van der Waals surface area contributed by atoms with E-state index in [1.807, 2.05) is 38.1 Å². The highest BCUT2D eigenvalue weighted by molar-refractivity contribution is 5.35. The predicted octanol–water partition coefficient (Wildman–Crippen LogP) is 2.37. The summed E-state index contributed by atoms with van der Waals surface area (Å²) >= 11 is 0. The van der Waals surface area contributed by atoms with E-state index >= 15 is 0 Å². The maximum Gasteiger partial charge on any atom is 0.145 e. The van der Waals surface area contributed by atoms with Gasteiger partial charge in [-0.15, -0.1) is 0 Å². The number of aromatic nitrogens is 2. The molecule has 2 N–H and O–H groups in total. The molecule has 1 aromatic carbocycles. The van der Waals surface area contributed by atoms with Gasteiger partial charge in [-0.3, -0.25) is 0 Å². The van der Waals surface area contributed by atoms with Crippen LogP contribution in [0.25, 0.3) is 0 Å². The third-order valence-electron chi connectivity index (χ3n) is 2.87. The Labute approximate surface area is 106 Å². The molecular weight excluding hydrogens is 230 g/mol. The Morgan fingerprint density at radius 1 is 1.33 bits per heavy atom. The van der Waals surface area contributed by atoms with Crippen molar-refractivity contribution in [2.24, 2.45) is 5.73 Å². The molecule has 2 rings (SSSR count). The maximum absolute atomic E-state index is 6.05. The van der Waals surface area contributed by atoms with Gasteiger partial charge in [0.05, 0.1) is 0 Å². The molecule has 0 bridgehead atoms. The molecule has 18 heavy (non-hydrogen) atoms. The van der Waals surface area contributed by atoms with Crippen molar-refractivity contribution < 1.29 is 9.37 Å². The second-order valence-electron chi connectivity index (χ2n) is 4.14. The van der Waals surface area contributed by atoms with E-state index in [1.165, 1.54) is 0 Å². The van der Waals surface area contributed by atoms with Crippen molar-refractivity contribution in [3.63, 3.8) is 0 Å². The number of nitrogens with zero attached hydrogens (tertiary/aromatic N) is 2. The molecule has 5 heteroatoms. The molecule has 0 aliphatic rings. The SMILES string of the molecule is CCC(N)c1ccccc1OCc1nonc1C. The molecule has 5 nitrogen and oxygen atoms in total. The molecule has 1 heterocycles. The van der Waals surface area contributed by atoms with Crippen molar-refractivity contribution in [1.29, 1.82) is 0 Å². The fourth-order valence-corrected chi connectivity index (χ4v) is 1.66. The van der Waals surface area contributed by atoms with Gasteiger partial charge in [-0.25, -0.2) is 4.63 Å². The maximum atomic E-state index is 6.05. The lowest BCUT2D eigenvalue weighted by molar-refractivity contribution is 0.267. The Balaban J connectivity index is 2.12. The van der Waals surface area contributed by atoms with E-state index in [2.05, 4.69) is 14.9 Å². The molecule has 0 aliphatic carbocycles. The quantitative estimate of drug-likeness (QED) is 0.877. The van der Waals surface area contributed by atoms with Crippen LogP contribution in [-0.2, 0) is 6.61 Å². The van der Waals surface area contributed by atoms with Gasteiger partial charge in [0.1, 0.15) is 23.7 Å². The third kappa shape index (κ3) is 2.68. The Kier molecular flexibility index (Phi) is 3.94. The Morgan fingerprint density at radius 2 is 2.11 bits per heavy atom. The Morgan fingerprint density at radius 3 is 2.78 bits per heavy atom. The number of benzene rings is 1. The molecule has 0 spiro atoms. The van der Waals surface area contributed by atoms with Gasteiger partial charge in [0.25, 0.3) is 0 Å². The van der Waals surface area contributed by atoms with Crippen LogP contribution in [0, 0.1) is 6.92 Å². The molecular formula is C13H17N3O2. The topological polar surface area (TPSA) is 74.2 Å². The summed E-state index contributed by atoms with van der Waals surface area (Å²) in [4.78, 5) is 0. The zero-order chi connectivity index (χ0) is 13.0. The number of nitrogens with two attached hydrogens (primary N) is 1. The summed E-state index contributed by atoms with van der Waals surface area (Å²) in [7, 11) is 0. The highest BCUT2D eigenvalue weighted by Crippen LogP contribution is 2.26. The molecule has 0 fully saturated rings. The largest absolute Gasteiger partial charge is 0.487 e. The van der Waals surface area contributed by atoms with Crippen molar-refractivity contribution in [3.8, 4) is 5.75 Å². The van der Waals surface area contributed by atoms with Crippen molar-refractivity contribution in [3.05, 3.63) is 41.2 Å². The lowest BCUT2D eigenvalue weighted by Gasteiger charge is -2.14. The van der Waals surface area contributed by atoms with Gasteiger partial charge >= 0.3 is 0 Å².